The molecule has 0 spiro atoms. The molecule has 5 heteroatoms. The maximum Gasteiger partial charge on any atom is 0.347 e. The maximum absolute atomic E-state index is 12.5. The van der Waals surface area contributed by atoms with Gasteiger partial charge in [-0.3, -0.25) is 0 Å². The number of fused-ring (bicyclic) bond motifs is 3. The van der Waals surface area contributed by atoms with E-state index < -0.39 is 6.10 Å². The molecule has 2 aromatic rings. The van der Waals surface area contributed by atoms with E-state index in [1.54, 1.807) is 6.92 Å². The van der Waals surface area contributed by atoms with Crippen LogP contribution in [0.25, 0.3) is 10.8 Å². The van der Waals surface area contributed by atoms with Crippen molar-refractivity contribution in [3.05, 3.63) is 40.9 Å². The molecule has 2 bridgehead atoms. The molecule has 2 saturated heterocycles. The number of benzene rings is 2. The Morgan fingerprint density at radius 3 is 2.50 bits per heavy atom. The Labute approximate surface area is 162 Å². The van der Waals surface area contributed by atoms with Crippen molar-refractivity contribution in [2.75, 3.05) is 7.05 Å². The van der Waals surface area contributed by atoms with Gasteiger partial charge in [0.1, 0.15) is 11.9 Å². The van der Waals surface area contributed by atoms with Crippen molar-refractivity contribution in [1.29, 1.82) is 0 Å². The Kier molecular flexibility index (Phi) is 4.93. The molecule has 26 heavy (non-hydrogen) atoms. The molecule has 4 atom stereocenters. The lowest BCUT2D eigenvalue weighted by atomic mass is 10.0. The van der Waals surface area contributed by atoms with Crippen LogP contribution in [0.1, 0.15) is 32.6 Å². The second-order valence-corrected chi connectivity index (χ2v) is 8.41. The zero-order valence-corrected chi connectivity index (χ0v) is 16.7. The van der Waals surface area contributed by atoms with Crippen LogP contribution in [0.4, 0.5) is 0 Å². The highest BCUT2D eigenvalue weighted by Crippen LogP contribution is 2.35. The molecule has 2 aromatic carbocycles. The molecule has 0 N–H and O–H groups in total. The van der Waals surface area contributed by atoms with Crippen molar-refractivity contribution >= 4 is 32.7 Å². The van der Waals surface area contributed by atoms with E-state index in [2.05, 4.69) is 33.9 Å². The molecule has 4 nitrogen and oxygen atoms in total. The minimum atomic E-state index is -0.611. The summed E-state index contributed by atoms with van der Waals surface area (Å²) in [4.78, 5) is 14.9. The van der Waals surface area contributed by atoms with Gasteiger partial charge >= 0.3 is 5.97 Å². The highest BCUT2D eigenvalue weighted by atomic mass is 79.9. The zero-order valence-electron chi connectivity index (χ0n) is 15.2. The first kappa shape index (κ1) is 17.8. The highest BCUT2D eigenvalue weighted by Gasteiger charge is 2.40. The summed E-state index contributed by atoms with van der Waals surface area (Å²) in [5.41, 5.74) is 0. The van der Waals surface area contributed by atoms with Gasteiger partial charge in [0, 0.05) is 16.6 Å². The fourth-order valence-electron chi connectivity index (χ4n) is 4.24. The third-order valence-electron chi connectivity index (χ3n) is 5.76. The van der Waals surface area contributed by atoms with E-state index in [9.17, 15) is 4.79 Å². The van der Waals surface area contributed by atoms with Crippen LogP contribution in [0.5, 0.6) is 5.75 Å². The van der Waals surface area contributed by atoms with Crippen molar-refractivity contribution in [2.24, 2.45) is 0 Å². The Morgan fingerprint density at radius 1 is 1.12 bits per heavy atom. The third-order valence-corrected chi connectivity index (χ3v) is 6.25. The fraction of sp³-hybridized carbons (Fsp3) is 0.476. The number of piperidine rings is 1. The zero-order chi connectivity index (χ0) is 18.3. The number of halogens is 1. The third kappa shape index (κ3) is 3.60. The van der Waals surface area contributed by atoms with Crippen LogP contribution in [-0.4, -0.2) is 42.2 Å². The van der Waals surface area contributed by atoms with E-state index in [4.69, 9.17) is 9.47 Å². The summed E-state index contributed by atoms with van der Waals surface area (Å²) in [6, 6.07) is 13.1. The standard InChI is InChI=1S/C21H24BrNO3/c1-13(21(24)26-20-11-17-6-7-18(12-20)23(17)2)25-19-8-4-14-9-16(22)5-3-15(14)10-19/h3-5,8-10,13,17-18,20H,6-7,11-12H2,1-2H3/t13?,17-,18+,20?. The molecular weight excluding hydrogens is 394 g/mol. The van der Waals surface area contributed by atoms with Crippen LogP contribution < -0.4 is 4.74 Å². The van der Waals surface area contributed by atoms with Crippen molar-refractivity contribution in [2.45, 2.75) is 56.9 Å². The number of carbonyl (C=O) groups excluding carboxylic acids is 1. The topological polar surface area (TPSA) is 38.8 Å². The summed E-state index contributed by atoms with van der Waals surface area (Å²) in [6.07, 6.45) is 3.73. The quantitative estimate of drug-likeness (QED) is 0.684. The first-order valence-corrected chi connectivity index (χ1v) is 10.1. The van der Waals surface area contributed by atoms with E-state index in [1.165, 1.54) is 12.8 Å². The Balaban J connectivity index is 1.37. The predicted molar refractivity (Wildman–Crippen MR) is 105 cm³/mol. The molecule has 2 aliphatic heterocycles. The van der Waals surface area contributed by atoms with E-state index in [1.807, 2.05) is 30.3 Å². The van der Waals surface area contributed by atoms with Crippen molar-refractivity contribution < 1.29 is 14.3 Å². The minimum absolute atomic E-state index is 0.0243. The molecule has 4 rings (SSSR count). The van der Waals surface area contributed by atoms with Crippen LogP contribution in [0.15, 0.2) is 40.9 Å². The van der Waals surface area contributed by atoms with E-state index in [0.29, 0.717) is 17.8 Å². The van der Waals surface area contributed by atoms with E-state index >= 15 is 0 Å². The van der Waals surface area contributed by atoms with Gasteiger partial charge in [0.25, 0.3) is 0 Å². The largest absolute Gasteiger partial charge is 0.479 e. The first-order valence-electron chi connectivity index (χ1n) is 9.28. The Hall–Kier alpha value is -1.59. The van der Waals surface area contributed by atoms with Gasteiger partial charge in [-0.2, -0.15) is 0 Å². The molecule has 2 fully saturated rings. The van der Waals surface area contributed by atoms with Gasteiger partial charge < -0.3 is 14.4 Å². The summed E-state index contributed by atoms with van der Waals surface area (Å²) < 4.78 is 12.7. The van der Waals surface area contributed by atoms with E-state index in [-0.39, 0.29) is 12.1 Å². The molecular formula is C21H24BrNO3. The number of hydrogen-bond donors (Lipinski definition) is 0. The molecule has 0 aliphatic carbocycles. The number of rotatable bonds is 4. The molecule has 0 radical (unpaired) electrons. The monoisotopic (exact) mass is 417 g/mol. The smallest absolute Gasteiger partial charge is 0.347 e. The van der Waals surface area contributed by atoms with Gasteiger partial charge in [-0.15, -0.1) is 0 Å². The van der Waals surface area contributed by atoms with Crippen LogP contribution >= 0.6 is 15.9 Å². The fourth-order valence-corrected chi connectivity index (χ4v) is 4.62. The molecule has 2 unspecified atom stereocenters. The molecule has 0 saturated carbocycles. The lowest BCUT2D eigenvalue weighted by molar-refractivity contribution is -0.159. The molecule has 2 heterocycles. The SMILES string of the molecule is CC(Oc1ccc2cc(Br)ccc2c1)C(=O)OC1C[C@H]2CC[C@@H](C1)N2C. The molecule has 0 aromatic heterocycles. The molecule has 138 valence electrons. The Bertz CT molecular complexity index is 810. The Morgan fingerprint density at radius 2 is 1.77 bits per heavy atom. The van der Waals surface area contributed by atoms with Gasteiger partial charge in [0.2, 0.25) is 0 Å². The normalized spacial score (nSPS) is 26.7. The van der Waals surface area contributed by atoms with Gasteiger partial charge in [0.05, 0.1) is 0 Å². The first-order chi connectivity index (χ1) is 12.5. The van der Waals surface area contributed by atoms with Crippen molar-refractivity contribution in [3.8, 4) is 5.75 Å². The summed E-state index contributed by atoms with van der Waals surface area (Å²) in [5.74, 6) is 0.419. The number of ether oxygens (including phenoxy) is 2. The van der Waals surface area contributed by atoms with Crippen LogP contribution in [-0.2, 0) is 9.53 Å². The maximum atomic E-state index is 12.5. The summed E-state index contributed by atoms with van der Waals surface area (Å²) in [7, 11) is 2.18. The van der Waals surface area contributed by atoms with Gasteiger partial charge in [-0.05, 0) is 74.7 Å². The lowest BCUT2D eigenvalue weighted by Crippen LogP contribution is -2.44. The van der Waals surface area contributed by atoms with Crippen LogP contribution in [0.3, 0.4) is 0 Å². The van der Waals surface area contributed by atoms with Gasteiger partial charge in [0.15, 0.2) is 6.10 Å². The number of esters is 1. The molecule has 0 amide bonds. The van der Waals surface area contributed by atoms with Crippen molar-refractivity contribution in [1.82, 2.24) is 4.90 Å². The number of carbonyl (C=O) groups is 1. The summed E-state index contributed by atoms with van der Waals surface area (Å²) in [5, 5.41) is 2.21. The van der Waals surface area contributed by atoms with Crippen LogP contribution in [0.2, 0.25) is 0 Å². The van der Waals surface area contributed by atoms with Crippen molar-refractivity contribution in [3.63, 3.8) is 0 Å². The lowest BCUT2D eigenvalue weighted by Gasteiger charge is -2.36. The predicted octanol–water partition coefficient (Wildman–Crippen LogP) is 4.54. The minimum Gasteiger partial charge on any atom is -0.479 e. The van der Waals surface area contributed by atoms with Gasteiger partial charge in [-0.1, -0.05) is 28.1 Å². The molecule has 2 aliphatic rings. The van der Waals surface area contributed by atoms with Crippen LogP contribution in [0, 0.1) is 0 Å². The summed E-state index contributed by atoms with van der Waals surface area (Å²) >= 11 is 3.48. The number of nitrogens with zero attached hydrogens (tertiary/aromatic N) is 1. The summed E-state index contributed by atoms with van der Waals surface area (Å²) in [6.45, 7) is 1.76. The number of hydrogen-bond acceptors (Lipinski definition) is 4. The highest BCUT2D eigenvalue weighted by molar-refractivity contribution is 9.10. The second kappa shape index (κ2) is 7.20. The van der Waals surface area contributed by atoms with E-state index in [0.717, 1.165) is 28.1 Å². The van der Waals surface area contributed by atoms with Gasteiger partial charge in [-0.25, -0.2) is 4.79 Å². The second-order valence-electron chi connectivity index (χ2n) is 7.49. The average molecular weight is 418 g/mol. The average Bonchev–Trinajstić information content (AvgIpc) is 2.82.